The zero-order chi connectivity index (χ0) is 16.3. The van der Waals surface area contributed by atoms with E-state index >= 15 is 0 Å². The summed E-state index contributed by atoms with van der Waals surface area (Å²) in [6.07, 6.45) is 4.47. The van der Waals surface area contributed by atoms with Crippen molar-refractivity contribution in [3.05, 3.63) is 77.9 Å². The second kappa shape index (κ2) is 6.29. The van der Waals surface area contributed by atoms with Gasteiger partial charge in [-0.2, -0.15) is 0 Å². The molecule has 118 valence electrons. The van der Waals surface area contributed by atoms with Crippen molar-refractivity contribution in [3.63, 3.8) is 0 Å². The van der Waals surface area contributed by atoms with E-state index in [-0.39, 0.29) is 11.4 Å². The zero-order valence-corrected chi connectivity index (χ0v) is 13.5. The lowest BCUT2D eigenvalue weighted by atomic mass is 9.84. The number of carbonyl (C=O) groups is 1. The summed E-state index contributed by atoms with van der Waals surface area (Å²) in [5, 5.41) is 0. The fraction of sp³-hybridized carbons (Fsp3) is 0.250. The van der Waals surface area contributed by atoms with Crippen LogP contribution in [0.1, 0.15) is 24.5 Å². The molecule has 0 unspecified atom stereocenters. The first-order valence-electron chi connectivity index (χ1n) is 7.80. The lowest BCUT2D eigenvalue weighted by Gasteiger charge is -2.43. The average molecular weight is 307 g/mol. The molecular weight excluding hydrogens is 286 g/mol. The number of hydrogen-bond donors (Lipinski definition) is 0. The molecule has 1 aliphatic heterocycles. The van der Waals surface area contributed by atoms with E-state index in [0.717, 1.165) is 23.3 Å². The highest BCUT2D eigenvalue weighted by Crippen LogP contribution is 2.36. The van der Waals surface area contributed by atoms with Crippen molar-refractivity contribution in [1.29, 1.82) is 0 Å². The maximum Gasteiger partial charge on any atom is 0.247 e. The van der Waals surface area contributed by atoms with Crippen molar-refractivity contribution in [2.75, 3.05) is 7.11 Å². The largest absolute Gasteiger partial charge is 0.497 e. The second-order valence-electron chi connectivity index (χ2n) is 6.02. The third-order valence-corrected chi connectivity index (χ3v) is 4.53. The van der Waals surface area contributed by atoms with Gasteiger partial charge < -0.3 is 9.64 Å². The number of carbonyl (C=O) groups excluding carboxylic acids is 1. The maximum atomic E-state index is 12.5. The molecule has 0 aromatic heterocycles. The summed E-state index contributed by atoms with van der Waals surface area (Å²) >= 11 is 0. The van der Waals surface area contributed by atoms with Gasteiger partial charge in [0.25, 0.3) is 0 Å². The van der Waals surface area contributed by atoms with Gasteiger partial charge >= 0.3 is 0 Å². The van der Waals surface area contributed by atoms with Gasteiger partial charge in [0, 0.05) is 6.54 Å². The van der Waals surface area contributed by atoms with Crippen molar-refractivity contribution in [3.8, 4) is 5.75 Å². The van der Waals surface area contributed by atoms with Crippen molar-refractivity contribution in [2.24, 2.45) is 0 Å². The molecule has 0 bridgehead atoms. The van der Waals surface area contributed by atoms with Crippen LogP contribution < -0.4 is 4.74 Å². The van der Waals surface area contributed by atoms with Crippen molar-refractivity contribution in [2.45, 2.75) is 25.4 Å². The van der Waals surface area contributed by atoms with Crippen LogP contribution in [0.2, 0.25) is 0 Å². The summed E-state index contributed by atoms with van der Waals surface area (Å²) < 4.78 is 5.20. The highest BCUT2D eigenvalue weighted by molar-refractivity contribution is 5.89. The minimum absolute atomic E-state index is 0.0541. The van der Waals surface area contributed by atoms with Crippen LogP contribution in [0.25, 0.3) is 0 Å². The third kappa shape index (κ3) is 3.00. The van der Waals surface area contributed by atoms with Gasteiger partial charge in [0.2, 0.25) is 5.91 Å². The summed E-state index contributed by atoms with van der Waals surface area (Å²) in [6, 6.07) is 18.1. The minimum Gasteiger partial charge on any atom is -0.497 e. The molecule has 0 N–H and O–H groups in total. The molecule has 1 atom stereocenters. The van der Waals surface area contributed by atoms with Gasteiger partial charge in [0.15, 0.2) is 0 Å². The summed E-state index contributed by atoms with van der Waals surface area (Å²) in [5.41, 5.74) is 1.93. The van der Waals surface area contributed by atoms with Gasteiger partial charge in [-0.15, -0.1) is 0 Å². The van der Waals surface area contributed by atoms with Crippen LogP contribution in [-0.4, -0.2) is 17.9 Å². The Morgan fingerprint density at radius 3 is 2.43 bits per heavy atom. The van der Waals surface area contributed by atoms with Crippen molar-refractivity contribution < 1.29 is 9.53 Å². The predicted molar refractivity (Wildman–Crippen MR) is 91.1 cm³/mol. The highest BCUT2D eigenvalue weighted by Gasteiger charge is 2.37. The molecule has 0 fully saturated rings. The summed E-state index contributed by atoms with van der Waals surface area (Å²) in [4.78, 5) is 14.5. The SMILES string of the molecule is COc1ccc(CN2C(=O)C=CC[C@]2(C)c2ccccc2)cc1. The van der Waals surface area contributed by atoms with Crippen LogP contribution in [0.15, 0.2) is 66.7 Å². The highest BCUT2D eigenvalue weighted by atomic mass is 16.5. The fourth-order valence-corrected chi connectivity index (χ4v) is 3.07. The Morgan fingerprint density at radius 2 is 1.78 bits per heavy atom. The third-order valence-electron chi connectivity index (χ3n) is 4.53. The van der Waals surface area contributed by atoms with Crippen LogP contribution in [-0.2, 0) is 16.9 Å². The van der Waals surface area contributed by atoms with E-state index in [1.165, 1.54) is 0 Å². The number of ether oxygens (including phenoxy) is 1. The fourth-order valence-electron chi connectivity index (χ4n) is 3.07. The number of amides is 1. The lowest BCUT2D eigenvalue weighted by molar-refractivity contribution is -0.134. The van der Waals surface area contributed by atoms with E-state index in [1.54, 1.807) is 13.2 Å². The standard InChI is InChI=1S/C20H21NO2/c1-20(17-7-4-3-5-8-17)14-6-9-19(22)21(20)15-16-10-12-18(23-2)13-11-16/h3-13H,14-15H2,1-2H3/t20-/m1/s1. The molecule has 3 heteroatoms. The number of nitrogens with zero attached hydrogens (tertiary/aromatic N) is 1. The molecule has 3 nitrogen and oxygen atoms in total. The maximum absolute atomic E-state index is 12.5. The summed E-state index contributed by atoms with van der Waals surface area (Å²) in [6.45, 7) is 2.71. The Morgan fingerprint density at radius 1 is 1.09 bits per heavy atom. The molecule has 0 radical (unpaired) electrons. The van der Waals surface area contributed by atoms with Gasteiger partial charge in [-0.1, -0.05) is 48.5 Å². The Bertz CT molecular complexity index is 706. The van der Waals surface area contributed by atoms with Crippen LogP contribution in [0.3, 0.4) is 0 Å². The molecule has 0 spiro atoms. The second-order valence-corrected chi connectivity index (χ2v) is 6.02. The zero-order valence-electron chi connectivity index (χ0n) is 13.5. The molecule has 2 aromatic rings. The van der Waals surface area contributed by atoms with E-state index < -0.39 is 0 Å². The van der Waals surface area contributed by atoms with Gasteiger partial charge in [0.05, 0.1) is 12.6 Å². The summed E-state index contributed by atoms with van der Waals surface area (Å²) in [7, 11) is 1.65. The molecule has 3 rings (SSSR count). The molecule has 0 saturated heterocycles. The first kappa shape index (κ1) is 15.3. The van der Waals surface area contributed by atoms with Crippen molar-refractivity contribution in [1.82, 2.24) is 4.90 Å². The number of methoxy groups -OCH3 is 1. The van der Waals surface area contributed by atoms with E-state index in [0.29, 0.717) is 6.54 Å². The van der Waals surface area contributed by atoms with Gasteiger partial charge in [0.1, 0.15) is 5.75 Å². The van der Waals surface area contributed by atoms with E-state index in [9.17, 15) is 4.79 Å². The molecule has 1 heterocycles. The molecule has 23 heavy (non-hydrogen) atoms. The van der Waals surface area contributed by atoms with Gasteiger partial charge in [-0.05, 0) is 42.7 Å². The van der Waals surface area contributed by atoms with Crippen LogP contribution in [0, 0.1) is 0 Å². The quantitative estimate of drug-likeness (QED) is 0.857. The molecule has 1 aliphatic rings. The first-order chi connectivity index (χ1) is 11.1. The van der Waals surface area contributed by atoms with E-state index in [1.807, 2.05) is 53.4 Å². The Hall–Kier alpha value is -2.55. The molecule has 2 aromatic carbocycles. The van der Waals surface area contributed by atoms with Crippen LogP contribution in [0.4, 0.5) is 0 Å². The average Bonchev–Trinajstić information content (AvgIpc) is 2.60. The van der Waals surface area contributed by atoms with Gasteiger partial charge in [-0.25, -0.2) is 0 Å². The number of hydrogen-bond acceptors (Lipinski definition) is 2. The Kier molecular flexibility index (Phi) is 4.20. The normalized spacial score (nSPS) is 20.6. The number of benzene rings is 2. The first-order valence-corrected chi connectivity index (χ1v) is 7.80. The van der Waals surface area contributed by atoms with Crippen LogP contribution >= 0.6 is 0 Å². The lowest BCUT2D eigenvalue weighted by Crippen LogP contribution is -2.48. The monoisotopic (exact) mass is 307 g/mol. The molecular formula is C20H21NO2. The van der Waals surface area contributed by atoms with Crippen molar-refractivity contribution >= 4 is 5.91 Å². The molecule has 0 saturated carbocycles. The van der Waals surface area contributed by atoms with E-state index in [4.69, 9.17) is 4.74 Å². The number of rotatable bonds is 4. The molecule has 1 amide bonds. The van der Waals surface area contributed by atoms with E-state index in [2.05, 4.69) is 19.1 Å². The minimum atomic E-state index is -0.326. The smallest absolute Gasteiger partial charge is 0.247 e. The summed E-state index contributed by atoms with van der Waals surface area (Å²) in [5.74, 6) is 0.878. The molecule has 0 aliphatic carbocycles. The topological polar surface area (TPSA) is 29.5 Å². The predicted octanol–water partition coefficient (Wildman–Crippen LogP) is 3.90. The van der Waals surface area contributed by atoms with Gasteiger partial charge in [-0.3, -0.25) is 4.79 Å². The Labute approximate surface area is 137 Å². The Balaban J connectivity index is 1.92. The van der Waals surface area contributed by atoms with Crippen LogP contribution in [0.5, 0.6) is 5.75 Å².